The number of hydrogen-bond donors (Lipinski definition) is 1. The van der Waals surface area contributed by atoms with E-state index in [4.69, 9.17) is 46.4 Å². The molecule has 2 aromatic rings. The highest BCUT2D eigenvalue weighted by atomic mass is 35.5. The predicted octanol–water partition coefficient (Wildman–Crippen LogP) is 6.57. The second-order valence-electron chi connectivity index (χ2n) is 7.20. The zero-order valence-corrected chi connectivity index (χ0v) is 20.6. The van der Waals surface area contributed by atoms with Crippen molar-refractivity contribution in [3.8, 4) is 0 Å². The third-order valence-corrected chi connectivity index (χ3v) is 6.26. The highest BCUT2D eigenvalue weighted by Gasteiger charge is 2.29. The van der Waals surface area contributed by atoms with Gasteiger partial charge in [-0.2, -0.15) is 0 Å². The van der Waals surface area contributed by atoms with Gasteiger partial charge in [-0.1, -0.05) is 78.8 Å². The number of carbonyl (C=O) groups is 2. The Kier molecular flexibility index (Phi) is 10.4. The average Bonchev–Trinajstić information content (AvgIpc) is 2.72. The van der Waals surface area contributed by atoms with Crippen molar-refractivity contribution in [2.45, 2.75) is 52.1 Å². The first kappa shape index (κ1) is 25.8. The summed E-state index contributed by atoms with van der Waals surface area (Å²) in [5.74, 6) is -0.460. The van der Waals surface area contributed by atoms with Crippen molar-refractivity contribution in [2.75, 3.05) is 6.54 Å². The summed E-state index contributed by atoms with van der Waals surface area (Å²) in [5, 5.41) is 4.67. The number of amides is 2. The molecule has 0 aliphatic heterocycles. The zero-order valence-electron chi connectivity index (χ0n) is 17.6. The van der Waals surface area contributed by atoms with Gasteiger partial charge in [0, 0.05) is 33.2 Å². The number of halogens is 4. The van der Waals surface area contributed by atoms with Crippen molar-refractivity contribution in [3.63, 3.8) is 0 Å². The molecular weight excluding hydrogens is 478 g/mol. The maximum absolute atomic E-state index is 13.4. The van der Waals surface area contributed by atoms with Crippen LogP contribution < -0.4 is 5.32 Å². The van der Waals surface area contributed by atoms with E-state index in [0.29, 0.717) is 44.2 Å². The Morgan fingerprint density at radius 3 is 2.26 bits per heavy atom. The van der Waals surface area contributed by atoms with Crippen LogP contribution in [-0.4, -0.2) is 29.3 Å². The zero-order chi connectivity index (χ0) is 23.0. The lowest BCUT2D eigenvalue weighted by molar-refractivity contribution is -0.140. The molecule has 0 aliphatic rings. The van der Waals surface area contributed by atoms with Gasteiger partial charge in [-0.15, -0.1) is 0 Å². The monoisotopic (exact) mass is 502 g/mol. The third-order valence-electron chi connectivity index (χ3n) is 4.96. The van der Waals surface area contributed by atoms with E-state index in [1.807, 2.05) is 6.92 Å². The summed E-state index contributed by atoms with van der Waals surface area (Å²) >= 11 is 24.9. The summed E-state index contributed by atoms with van der Waals surface area (Å²) < 4.78 is 0. The lowest BCUT2D eigenvalue weighted by Crippen LogP contribution is -2.49. The van der Waals surface area contributed by atoms with Crippen LogP contribution in [-0.2, 0) is 22.6 Å². The maximum atomic E-state index is 13.4. The smallest absolute Gasteiger partial charge is 0.242 e. The molecule has 2 aromatic carbocycles. The largest absolute Gasteiger partial charge is 0.354 e. The lowest BCUT2D eigenvalue weighted by atomic mass is 10.1. The van der Waals surface area contributed by atoms with Crippen LogP contribution in [0, 0.1) is 0 Å². The first-order valence-corrected chi connectivity index (χ1v) is 11.7. The third kappa shape index (κ3) is 7.28. The fraction of sp³-hybridized carbons (Fsp3) is 0.391. The predicted molar refractivity (Wildman–Crippen MR) is 129 cm³/mol. The van der Waals surface area contributed by atoms with E-state index >= 15 is 0 Å². The summed E-state index contributed by atoms with van der Waals surface area (Å²) in [5.41, 5.74) is 1.23. The van der Waals surface area contributed by atoms with Crippen molar-refractivity contribution in [3.05, 3.63) is 67.6 Å². The van der Waals surface area contributed by atoms with Crippen LogP contribution in [0.15, 0.2) is 36.4 Å². The molecule has 0 fully saturated rings. The Morgan fingerprint density at radius 2 is 1.68 bits per heavy atom. The van der Waals surface area contributed by atoms with Gasteiger partial charge >= 0.3 is 0 Å². The Labute approximate surface area is 203 Å². The molecule has 1 atom stereocenters. The molecule has 8 heteroatoms. The minimum Gasteiger partial charge on any atom is -0.354 e. The van der Waals surface area contributed by atoms with Crippen LogP contribution in [0.1, 0.15) is 44.2 Å². The van der Waals surface area contributed by atoms with E-state index < -0.39 is 6.04 Å². The number of nitrogens with one attached hydrogen (secondary N) is 1. The van der Waals surface area contributed by atoms with Crippen LogP contribution in [0.25, 0.3) is 0 Å². The van der Waals surface area contributed by atoms with E-state index in [0.717, 1.165) is 12.8 Å². The van der Waals surface area contributed by atoms with Gasteiger partial charge in [0.2, 0.25) is 11.8 Å². The van der Waals surface area contributed by atoms with Gasteiger partial charge in [-0.3, -0.25) is 9.59 Å². The molecule has 0 heterocycles. The minimum atomic E-state index is -0.655. The highest BCUT2D eigenvalue weighted by Crippen LogP contribution is 2.27. The van der Waals surface area contributed by atoms with Gasteiger partial charge in [0.25, 0.3) is 0 Å². The van der Waals surface area contributed by atoms with Crippen molar-refractivity contribution >= 4 is 58.2 Å². The molecular formula is C23H26Cl4N2O2. The van der Waals surface area contributed by atoms with Crippen molar-refractivity contribution in [1.82, 2.24) is 10.2 Å². The fourth-order valence-electron chi connectivity index (χ4n) is 3.21. The normalized spacial score (nSPS) is 11.8. The van der Waals surface area contributed by atoms with Gasteiger partial charge < -0.3 is 10.2 Å². The fourth-order valence-corrected chi connectivity index (χ4v) is 4.21. The summed E-state index contributed by atoms with van der Waals surface area (Å²) in [7, 11) is 0. The first-order chi connectivity index (χ1) is 14.8. The molecule has 0 saturated heterocycles. The Balaban J connectivity index is 2.35. The van der Waals surface area contributed by atoms with Gasteiger partial charge in [-0.25, -0.2) is 0 Å². The van der Waals surface area contributed by atoms with Gasteiger partial charge in [0.1, 0.15) is 6.04 Å². The Bertz CT molecular complexity index is 900. The highest BCUT2D eigenvalue weighted by molar-refractivity contribution is 6.36. The molecule has 0 saturated carbocycles. The average molecular weight is 504 g/mol. The van der Waals surface area contributed by atoms with E-state index in [1.165, 1.54) is 4.90 Å². The summed E-state index contributed by atoms with van der Waals surface area (Å²) in [6, 6.07) is 9.52. The van der Waals surface area contributed by atoms with Crippen molar-refractivity contribution in [2.24, 2.45) is 0 Å². The molecule has 0 radical (unpaired) electrons. The van der Waals surface area contributed by atoms with E-state index in [2.05, 4.69) is 12.2 Å². The molecule has 31 heavy (non-hydrogen) atoms. The molecule has 2 rings (SSSR count). The van der Waals surface area contributed by atoms with Crippen molar-refractivity contribution < 1.29 is 9.59 Å². The van der Waals surface area contributed by atoms with Crippen LogP contribution in [0.4, 0.5) is 0 Å². The molecule has 4 nitrogen and oxygen atoms in total. The second-order valence-corrected chi connectivity index (χ2v) is 8.86. The molecule has 0 spiro atoms. The van der Waals surface area contributed by atoms with E-state index in [-0.39, 0.29) is 24.8 Å². The Hall–Kier alpha value is -1.46. The maximum Gasteiger partial charge on any atom is 0.242 e. The Morgan fingerprint density at radius 1 is 1.00 bits per heavy atom. The molecule has 0 aliphatic carbocycles. The minimum absolute atomic E-state index is 0.0253. The molecule has 1 N–H and O–H groups in total. The number of carbonyl (C=O) groups excluding carboxylic acids is 2. The lowest BCUT2D eigenvalue weighted by Gasteiger charge is -2.31. The van der Waals surface area contributed by atoms with Crippen LogP contribution in [0.3, 0.4) is 0 Å². The SMILES string of the molecule is CCCCNC(=O)C(CC)N(Cc1ccc(Cl)cc1Cl)C(=O)Cc1c(Cl)cccc1Cl. The number of unbranched alkanes of at least 4 members (excludes halogenated alkanes) is 1. The molecule has 0 bridgehead atoms. The summed E-state index contributed by atoms with van der Waals surface area (Å²) in [4.78, 5) is 27.8. The van der Waals surface area contributed by atoms with Crippen molar-refractivity contribution in [1.29, 1.82) is 0 Å². The van der Waals surface area contributed by atoms with Crippen LogP contribution >= 0.6 is 46.4 Å². The number of nitrogens with zero attached hydrogens (tertiary/aromatic N) is 1. The second kappa shape index (κ2) is 12.5. The van der Waals surface area contributed by atoms with E-state index in [9.17, 15) is 9.59 Å². The summed E-state index contributed by atoms with van der Waals surface area (Å²) in [6.07, 6.45) is 2.26. The quantitative estimate of drug-likeness (QED) is 0.373. The van der Waals surface area contributed by atoms with Gasteiger partial charge in [-0.05, 0) is 48.2 Å². The topological polar surface area (TPSA) is 49.4 Å². The van der Waals surface area contributed by atoms with Gasteiger partial charge in [0.15, 0.2) is 0 Å². The van der Waals surface area contributed by atoms with Gasteiger partial charge in [0.05, 0.1) is 6.42 Å². The molecule has 168 valence electrons. The van der Waals surface area contributed by atoms with E-state index in [1.54, 1.807) is 36.4 Å². The first-order valence-electron chi connectivity index (χ1n) is 10.2. The number of hydrogen-bond acceptors (Lipinski definition) is 2. The summed E-state index contributed by atoms with van der Waals surface area (Å²) in [6.45, 7) is 4.65. The number of benzene rings is 2. The van der Waals surface area contributed by atoms with Crippen LogP contribution in [0.5, 0.6) is 0 Å². The standard InChI is InChI=1S/C23H26Cl4N2O2/c1-3-5-11-28-23(31)21(4-2)29(14-15-9-10-16(24)12-20(15)27)22(30)13-17-18(25)7-6-8-19(17)26/h6-10,12,21H,3-5,11,13-14H2,1-2H3,(H,28,31). The molecule has 0 aromatic heterocycles. The molecule has 1 unspecified atom stereocenters. The van der Waals surface area contributed by atoms with Crippen LogP contribution in [0.2, 0.25) is 20.1 Å². The number of rotatable bonds is 10. The molecule has 2 amide bonds.